The monoisotopic (exact) mass is 522 g/mol. The molecule has 0 heterocycles. The van der Waals surface area contributed by atoms with Crippen LogP contribution in [0.25, 0.3) is 4.13 Å². The number of ether oxygens (including phenoxy) is 2. The second-order valence-corrected chi connectivity index (χ2v) is 9.46. The van der Waals surface area contributed by atoms with Crippen molar-refractivity contribution in [3.63, 3.8) is 0 Å². The molecule has 0 saturated heterocycles. The minimum absolute atomic E-state index is 0.771. The number of alkyl halides is 6. The van der Waals surface area contributed by atoms with Gasteiger partial charge in [0.1, 0.15) is 13.1 Å². The summed E-state index contributed by atoms with van der Waals surface area (Å²) in [5.41, 5.74) is -12.4. The molecule has 0 bridgehead atoms. The van der Waals surface area contributed by atoms with Crippen molar-refractivity contribution in [3.05, 3.63) is 29.4 Å². The first kappa shape index (κ1) is 33.0. The van der Waals surface area contributed by atoms with Crippen molar-refractivity contribution in [1.82, 2.24) is 0 Å². The molecular formula is C16H28F6N2O6S2. The number of hydrogen-bond acceptors (Lipinski definition) is 6. The first-order valence-electron chi connectivity index (χ1n) is 9.04. The molecular weight excluding hydrogens is 494 g/mol. The van der Waals surface area contributed by atoms with Crippen molar-refractivity contribution in [2.75, 3.05) is 52.6 Å². The summed E-state index contributed by atoms with van der Waals surface area (Å²) >= 11 is 0. The van der Waals surface area contributed by atoms with Gasteiger partial charge in [-0.05, 0) is 26.0 Å². The topological polar surface area (TPSA) is 101 Å². The molecule has 0 aliphatic rings. The summed E-state index contributed by atoms with van der Waals surface area (Å²) in [5.74, 6) is 0. The predicted octanol–water partition coefficient (Wildman–Crippen LogP) is 3.31. The average Bonchev–Trinajstić information content (AvgIpc) is 2.60. The second-order valence-electron chi connectivity index (χ2n) is 6.04. The molecule has 0 amide bonds. The molecule has 0 saturated carbocycles. The van der Waals surface area contributed by atoms with Gasteiger partial charge in [-0.25, -0.2) is 16.8 Å². The second kappa shape index (κ2) is 14.1. The van der Waals surface area contributed by atoms with Gasteiger partial charge in [0.05, 0.1) is 26.3 Å². The van der Waals surface area contributed by atoms with Crippen LogP contribution in [0, 0.1) is 0 Å². The van der Waals surface area contributed by atoms with Crippen LogP contribution in [0.2, 0.25) is 0 Å². The van der Waals surface area contributed by atoms with E-state index in [2.05, 4.69) is 13.2 Å². The zero-order chi connectivity index (χ0) is 25.7. The highest BCUT2D eigenvalue weighted by Gasteiger charge is 2.46. The molecule has 0 aromatic heterocycles. The minimum Gasteiger partial charge on any atom is -0.421 e. The summed E-state index contributed by atoms with van der Waals surface area (Å²) in [6, 6.07) is 0. The van der Waals surface area contributed by atoms with Gasteiger partial charge < -0.3 is 18.1 Å². The van der Waals surface area contributed by atoms with Gasteiger partial charge in [0.25, 0.3) is 0 Å². The SMILES string of the molecule is C=CC[N+](CC=C)(CCOCC)CCOCC.O=S(=O)([N-]S(=O)(=O)C(F)(F)F)C(F)(F)F. The highest BCUT2D eigenvalue weighted by atomic mass is 32.3. The van der Waals surface area contributed by atoms with Gasteiger partial charge >= 0.3 is 11.0 Å². The maximum absolute atomic E-state index is 11.4. The van der Waals surface area contributed by atoms with Crippen molar-refractivity contribution in [3.8, 4) is 0 Å². The summed E-state index contributed by atoms with van der Waals surface area (Å²) in [5, 5.41) is 0. The molecule has 8 nitrogen and oxygen atoms in total. The first-order chi connectivity index (χ1) is 14.4. The molecule has 0 N–H and O–H groups in total. The summed E-state index contributed by atoms with van der Waals surface area (Å²) in [6.45, 7) is 18.7. The minimum atomic E-state index is -6.72. The van der Waals surface area contributed by atoms with E-state index in [0.29, 0.717) is 0 Å². The Bertz CT molecular complexity index is 703. The van der Waals surface area contributed by atoms with Crippen molar-refractivity contribution in [2.45, 2.75) is 24.9 Å². The lowest BCUT2D eigenvalue weighted by molar-refractivity contribution is -0.918. The van der Waals surface area contributed by atoms with E-state index in [-0.39, 0.29) is 0 Å². The Hall–Kier alpha value is -1.20. The molecule has 16 heteroatoms. The number of quaternary nitrogens is 1. The van der Waals surface area contributed by atoms with Crippen molar-refractivity contribution >= 4 is 20.0 Å². The Morgan fingerprint density at radius 1 is 0.781 bits per heavy atom. The van der Waals surface area contributed by atoms with Crippen LogP contribution in [0.4, 0.5) is 26.3 Å². The number of hydrogen-bond donors (Lipinski definition) is 0. The lowest BCUT2D eigenvalue weighted by atomic mass is 10.3. The van der Waals surface area contributed by atoms with Gasteiger partial charge in [0.2, 0.25) is 0 Å². The summed E-state index contributed by atoms with van der Waals surface area (Å²) in [6.07, 6.45) is 3.95. The molecule has 0 atom stereocenters. The Labute approximate surface area is 184 Å². The summed E-state index contributed by atoms with van der Waals surface area (Å²) in [7, 11) is -13.4. The van der Waals surface area contributed by atoms with E-state index in [0.717, 1.165) is 61.2 Å². The van der Waals surface area contributed by atoms with Gasteiger partial charge in [-0.15, -0.1) is 0 Å². The number of rotatable bonds is 14. The third-order valence-corrected chi connectivity index (χ3v) is 6.38. The third kappa shape index (κ3) is 12.2. The zero-order valence-corrected chi connectivity index (χ0v) is 19.3. The number of halogens is 6. The fraction of sp³-hybridized carbons (Fsp3) is 0.750. The smallest absolute Gasteiger partial charge is 0.421 e. The third-order valence-electron chi connectivity index (χ3n) is 3.64. The Balaban J connectivity index is 0. The van der Waals surface area contributed by atoms with Gasteiger partial charge in [-0.3, -0.25) is 0 Å². The van der Waals surface area contributed by atoms with Gasteiger partial charge in [0, 0.05) is 13.2 Å². The quantitative estimate of drug-likeness (QED) is 0.150. The van der Waals surface area contributed by atoms with Crippen LogP contribution in [0.1, 0.15) is 13.8 Å². The van der Waals surface area contributed by atoms with Crippen LogP contribution in [0.15, 0.2) is 25.3 Å². The Morgan fingerprint density at radius 3 is 1.31 bits per heavy atom. The van der Waals surface area contributed by atoms with Crippen LogP contribution < -0.4 is 0 Å². The summed E-state index contributed by atoms with van der Waals surface area (Å²) < 4.78 is 121. The fourth-order valence-electron chi connectivity index (χ4n) is 2.12. The van der Waals surface area contributed by atoms with E-state index in [1.807, 2.05) is 26.0 Å². The number of sulfonamides is 2. The maximum atomic E-state index is 11.4. The molecule has 0 aliphatic carbocycles. The Kier molecular flexibility index (Phi) is 14.6. The predicted molar refractivity (Wildman–Crippen MR) is 106 cm³/mol. The summed E-state index contributed by atoms with van der Waals surface area (Å²) in [4.78, 5) is 0. The molecule has 0 spiro atoms. The highest BCUT2D eigenvalue weighted by molar-refractivity contribution is 8.13. The van der Waals surface area contributed by atoms with Gasteiger partial charge in [-0.1, -0.05) is 13.2 Å². The van der Waals surface area contributed by atoms with Crippen molar-refractivity contribution < 1.29 is 57.1 Å². The Morgan fingerprint density at radius 2 is 1.09 bits per heavy atom. The standard InChI is InChI=1S/C14H28NO2.C2F6NO4S2/c1-5-9-15(10-6-2,11-13-16-7-3)12-14-17-8-4;3-1(4,5)14(10,11)9-15(12,13)2(6,7)8/h5-6H,1-2,7-14H2,3-4H3;/q+1;-1. The highest BCUT2D eigenvalue weighted by Crippen LogP contribution is 2.36. The molecule has 0 aromatic rings. The van der Waals surface area contributed by atoms with E-state index in [1.165, 1.54) is 0 Å². The fourth-order valence-corrected chi connectivity index (χ4v) is 3.83. The van der Waals surface area contributed by atoms with Crippen LogP contribution in [0.5, 0.6) is 0 Å². The van der Waals surface area contributed by atoms with E-state index >= 15 is 0 Å². The van der Waals surface area contributed by atoms with E-state index in [1.54, 1.807) is 0 Å². The van der Waals surface area contributed by atoms with Crippen LogP contribution in [0.3, 0.4) is 0 Å². The molecule has 0 rings (SSSR count). The van der Waals surface area contributed by atoms with Crippen LogP contribution in [-0.2, 0) is 29.5 Å². The van der Waals surface area contributed by atoms with E-state index < -0.39 is 31.1 Å². The molecule has 0 aliphatic heterocycles. The molecule has 0 fully saturated rings. The molecule has 0 unspecified atom stereocenters. The first-order valence-corrected chi connectivity index (χ1v) is 11.9. The molecule has 192 valence electrons. The lowest BCUT2D eigenvalue weighted by Crippen LogP contribution is -2.52. The average molecular weight is 523 g/mol. The van der Waals surface area contributed by atoms with Gasteiger partial charge in [0.15, 0.2) is 20.0 Å². The molecule has 32 heavy (non-hydrogen) atoms. The van der Waals surface area contributed by atoms with Crippen LogP contribution in [-0.4, -0.2) is 84.9 Å². The van der Waals surface area contributed by atoms with Crippen molar-refractivity contribution in [2.24, 2.45) is 0 Å². The lowest BCUT2D eigenvalue weighted by Gasteiger charge is -2.36. The number of nitrogens with zero attached hydrogens (tertiary/aromatic N) is 2. The largest absolute Gasteiger partial charge is 0.480 e. The van der Waals surface area contributed by atoms with Gasteiger partial charge in [-0.2, -0.15) is 26.3 Å². The maximum Gasteiger partial charge on any atom is 0.480 e. The van der Waals surface area contributed by atoms with E-state index in [4.69, 9.17) is 9.47 Å². The zero-order valence-electron chi connectivity index (χ0n) is 17.7. The van der Waals surface area contributed by atoms with Crippen LogP contribution >= 0.6 is 0 Å². The van der Waals surface area contributed by atoms with Crippen molar-refractivity contribution in [1.29, 1.82) is 0 Å². The van der Waals surface area contributed by atoms with E-state index in [9.17, 15) is 43.2 Å². The normalized spacial score (nSPS) is 13.2. The molecule has 0 aromatic carbocycles. The molecule has 0 radical (unpaired) electrons.